The highest BCUT2D eigenvalue weighted by Crippen LogP contribution is 2.32. The number of carbonyl (C=O) groups excluding carboxylic acids is 9. The van der Waals surface area contributed by atoms with Crippen molar-refractivity contribution in [1.29, 1.82) is 0 Å². The van der Waals surface area contributed by atoms with Crippen molar-refractivity contribution < 1.29 is 100.0 Å². The minimum atomic E-state index is -1.56. The molecule has 0 unspecified atom stereocenters. The molecule has 0 aromatic heterocycles. The van der Waals surface area contributed by atoms with Crippen molar-refractivity contribution in [1.82, 2.24) is 0 Å². The Labute approximate surface area is 337 Å². The van der Waals surface area contributed by atoms with Gasteiger partial charge in [0.2, 0.25) is 5.91 Å². The van der Waals surface area contributed by atoms with Crippen LogP contribution >= 0.6 is 0 Å². The molecule has 326 valence electrons. The second-order valence-corrected chi connectivity index (χ2v) is 13.2. The molecule has 3 rings (SSSR count). The molecule has 0 bridgehead atoms. The van der Waals surface area contributed by atoms with Gasteiger partial charge in [0.1, 0.15) is 25.4 Å². The summed E-state index contributed by atoms with van der Waals surface area (Å²) in [6, 6.07) is 4.19. The van der Waals surface area contributed by atoms with E-state index in [1.165, 1.54) is 18.2 Å². The molecule has 2 aliphatic rings. The van der Waals surface area contributed by atoms with E-state index >= 15 is 0 Å². The molecule has 2 N–H and O–H groups in total. The number of esters is 8. The standard InChI is InChI=1S/C37H47NO21/c1-16(39)48-14-27-29(52-18(3)41)31(54-20(5)43)33(56-22(7)45)36(58-27)50-12-24-9-25(11-26(10-24)35(38)47)13-51-37-34(57-23(8)46)32(55-21(6)44)30(53-19(4)42)28(59-37)15-49-17(2)40/h9-11,27-34,36-37H,12-15H2,1-8H3,(H2,38,47)/t27-,28-,29-,30-,31+,32+,33-,34-,36-,37-/m1/s1. The third-order valence-corrected chi connectivity index (χ3v) is 8.06. The minimum absolute atomic E-state index is 0.0483. The van der Waals surface area contributed by atoms with Crippen molar-refractivity contribution in [2.45, 2.75) is 130 Å². The molecule has 0 saturated carbocycles. The van der Waals surface area contributed by atoms with Gasteiger partial charge >= 0.3 is 47.8 Å². The second-order valence-electron chi connectivity index (χ2n) is 13.2. The summed E-state index contributed by atoms with van der Waals surface area (Å²) < 4.78 is 66.6. The lowest BCUT2D eigenvalue weighted by atomic mass is 9.98. The molecule has 1 aromatic carbocycles. The Bertz CT molecular complexity index is 1630. The fourth-order valence-electron chi connectivity index (χ4n) is 6.07. The van der Waals surface area contributed by atoms with Gasteiger partial charge in [0, 0.05) is 61.0 Å². The lowest BCUT2D eigenvalue weighted by Crippen LogP contribution is -2.62. The van der Waals surface area contributed by atoms with Gasteiger partial charge in [-0.2, -0.15) is 0 Å². The Morgan fingerprint density at radius 3 is 1.05 bits per heavy atom. The van der Waals surface area contributed by atoms with Gasteiger partial charge in [-0.3, -0.25) is 43.2 Å². The summed E-state index contributed by atoms with van der Waals surface area (Å²) in [6.07, 6.45) is -14.7. The first-order valence-electron chi connectivity index (χ1n) is 17.9. The van der Waals surface area contributed by atoms with Crippen molar-refractivity contribution in [2.24, 2.45) is 5.73 Å². The molecule has 0 spiro atoms. The molecule has 1 amide bonds. The van der Waals surface area contributed by atoms with E-state index in [0.717, 1.165) is 55.4 Å². The van der Waals surface area contributed by atoms with Crippen molar-refractivity contribution in [3.8, 4) is 0 Å². The third-order valence-electron chi connectivity index (χ3n) is 8.06. The number of amides is 1. The monoisotopic (exact) mass is 841 g/mol. The molecule has 2 fully saturated rings. The van der Waals surface area contributed by atoms with Crippen LogP contribution in [0.4, 0.5) is 0 Å². The van der Waals surface area contributed by atoms with E-state index in [-0.39, 0.29) is 16.7 Å². The zero-order valence-corrected chi connectivity index (χ0v) is 33.5. The van der Waals surface area contributed by atoms with Crippen molar-refractivity contribution >= 4 is 53.7 Å². The average molecular weight is 842 g/mol. The van der Waals surface area contributed by atoms with E-state index in [9.17, 15) is 43.2 Å². The molecule has 2 heterocycles. The highest BCUT2D eigenvalue weighted by atomic mass is 16.7. The number of benzene rings is 1. The van der Waals surface area contributed by atoms with Crippen LogP contribution in [-0.4, -0.2) is 128 Å². The zero-order chi connectivity index (χ0) is 44.1. The summed E-state index contributed by atoms with van der Waals surface area (Å²) in [4.78, 5) is 109. The van der Waals surface area contributed by atoms with Crippen LogP contribution in [0.25, 0.3) is 0 Å². The van der Waals surface area contributed by atoms with E-state index < -0.39 is 142 Å². The van der Waals surface area contributed by atoms with Crippen LogP contribution < -0.4 is 5.73 Å². The average Bonchev–Trinajstić information content (AvgIpc) is 3.11. The normalized spacial score (nSPS) is 26.2. The lowest BCUT2D eigenvalue weighted by molar-refractivity contribution is -0.311. The molecular weight excluding hydrogens is 794 g/mol. The van der Waals surface area contributed by atoms with Crippen LogP contribution in [-0.2, 0) is 108 Å². The van der Waals surface area contributed by atoms with E-state index in [1.54, 1.807) is 0 Å². The molecule has 1 aromatic rings. The smallest absolute Gasteiger partial charge is 0.303 e. The number of hydrogen-bond donors (Lipinski definition) is 1. The summed E-state index contributed by atoms with van der Waals surface area (Å²) in [5.41, 5.74) is 6.07. The largest absolute Gasteiger partial charge is 0.463 e. The van der Waals surface area contributed by atoms with Crippen LogP contribution in [0.15, 0.2) is 18.2 Å². The van der Waals surface area contributed by atoms with Crippen LogP contribution in [0.3, 0.4) is 0 Å². The third kappa shape index (κ3) is 14.9. The number of nitrogens with two attached hydrogens (primary N) is 1. The van der Waals surface area contributed by atoms with E-state index in [2.05, 4.69) is 0 Å². The molecule has 22 nitrogen and oxygen atoms in total. The Morgan fingerprint density at radius 2 is 0.763 bits per heavy atom. The molecular formula is C37H47NO21. The summed E-state index contributed by atoms with van der Waals surface area (Å²) in [7, 11) is 0. The van der Waals surface area contributed by atoms with Crippen LogP contribution in [0, 0.1) is 0 Å². The first kappa shape index (κ1) is 47.7. The Kier molecular flexibility index (Phi) is 17.7. The molecule has 10 atom stereocenters. The summed E-state index contributed by atoms with van der Waals surface area (Å²) >= 11 is 0. The summed E-state index contributed by atoms with van der Waals surface area (Å²) in [5, 5.41) is 0. The second kappa shape index (κ2) is 21.9. The topological polar surface area (TPSA) is 290 Å². The Balaban J connectivity index is 1.98. The Morgan fingerprint density at radius 1 is 0.458 bits per heavy atom. The number of hydrogen-bond acceptors (Lipinski definition) is 21. The zero-order valence-electron chi connectivity index (χ0n) is 33.5. The van der Waals surface area contributed by atoms with E-state index in [4.69, 9.17) is 62.6 Å². The molecule has 22 heteroatoms. The predicted molar refractivity (Wildman–Crippen MR) is 188 cm³/mol. The minimum Gasteiger partial charge on any atom is -0.463 e. The van der Waals surface area contributed by atoms with Gasteiger partial charge in [-0.05, 0) is 23.3 Å². The number of carbonyl (C=O) groups is 9. The number of ether oxygens (including phenoxy) is 12. The van der Waals surface area contributed by atoms with Gasteiger partial charge in [-0.15, -0.1) is 0 Å². The Hall–Kier alpha value is -5.71. The van der Waals surface area contributed by atoms with Crippen molar-refractivity contribution in [2.75, 3.05) is 13.2 Å². The molecule has 59 heavy (non-hydrogen) atoms. The van der Waals surface area contributed by atoms with Crippen molar-refractivity contribution in [3.63, 3.8) is 0 Å². The van der Waals surface area contributed by atoms with E-state index in [1.807, 2.05) is 0 Å². The van der Waals surface area contributed by atoms with Gasteiger partial charge < -0.3 is 62.6 Å². The van der Waals surface area contributed by atoms with Crippen LogP contribution in [0.2, 0.25) is 0 Å². The fraction of sp³-hybridized carbons (Fsp3) is 0.595. The molecule has 2 aliphatic heterocycles. The summed E-state index contributed by atoms with van der Waals surface area (Å²) in [6.45, 7) is 6.76. The maximum Gasteiger partial charge on any atom is 0.303 e. The van der Waals surface area contributed by atoms with E-state index in [0.29, 0.717) is 0 Å². The number of primary amides is 1. The van der Waals surface area contributed by atoms with Gasteiger partial charge in [-0.1, -0.05) is 6.07 Å². The fourth-order valence-corrected chi connectivity index (χ4v) is 6.07. The van der Waals surface area contributed by atoms with Gasteiger partial charge in [-0.25, -0.2) is 0 Å². The van der Waals surface area contributed by atoms with Crippen molar-refractivity contribution in [3.05, 3.63) is 34.9 Å². The lowest BCUT2D eigenvalue weighted by Gasteiger charge is -2.44. The predicted octanol–water partition coefficient (Wildman–Crippen LogP) is -0.0151. The molecule has 0 radical (unpaired) electrons. The van der Waals surface area contributed by atoms with Crippen LogP contribution in [0.5, 0.6) is 0 Å². The quantitative estimate of drug-likeness (QED) is 0.159. The highest BCUT2D eigenvalue weighted by Gasteiger charge is 2.54. The summed E-state index contributed by atoms with van der Waals surface area (Å²) in [5.74, 6) is -7.41. The highest BCUT2D eigenvalue weighted by molar-refractivity contribution is 5.93. The number of rotatable bonds is 17. The maximum absolute atomic E-state index is 12.5. The maximum atomic E-state index is 12.5. The molecule has 2 saturated heterocycles. The van der Waals surface area contributed by atoms with Crippen LogP contribution in [0.1, 0.15) is 76.9 Å². The molecule has 0 aliphatic carbocycles. The van der Waals surface area contributed by atoms with Gasteiger partial charge in [0.25, 0.3) is 0 Å². The first-order chi connectivity index (χ1) is 27.6. The SMILES string of the molecule is CC(=O)OC[C@H]1O[C@@H](OCc2cc(CO[C@@H]3O[C@H](COC(C)=O)[C@@H](OC(C)=O)[C@H](OC(C)=O)[C@H]3OC(C)=O)cc(C(N)=O)c2)[C@H](OC(C)=O)[C@@H](OC(C)=O)[C@@H]1OC(C)=O. The first-order valence-corrected chi connectivity index (χ1v) is 17.9. The van der Waals surface area contributed by atoms with Gasteiger partial charge in [0.05, 0.1) is 13.2 Å². The van der Waals surface area contributed by atoms with Gasteiger partial charge in [0.15, 0.2) is 49.2 Å².